The Morgan fingerprint density at radius 1 is 0.651 bits per heavy atom. The highest BCUT2D eigenvalue weighted by atomic mass is 16.5. The van der Waals surface area contributed by atoms with E-state index in [-0.39, 0.29) is 23.4 Å². The third kappa shape index (κ3) is 5.82. The van der Waals surface area contributed by atoms with E-state index in [0.29, 0.717) is 43.4 Å². The topological polar surface area (TPSA) is 65.1 Å². The summed E-state index contributed by atoms with van der Waals surface area (Å²) in [5, 5.41) is 0. The first-order valence-electron chi connectivity index (χ1n) is 15.5. The lowest BCUT2D eigenvalue weighted by molar-refractivity contribution is -0.118. The third-order valence-electron chi connectivity index (χ3n) is 9.29. The lowest BCUT2D eigenvalue weighted by atomic mass is 9.69. The van der Waals surface area contributed by atoms with Crippen molar-refractivity contribution in [2.24, 2.45) is 0 Å². The van der Waals surface area contributed by atoms with Gasteiger partial charge in [0.05, 0.1) is 13.2 Å². The van der Waals surface area contributed by atoms with Crippen LogP contribution in [0.15, 0.2) is 108 Å². The van der Waals surface area contributed by atoms with E-state index in [1.807, 2.05) is 60.7 Å². The van der Waals surface area contributed by atoms with Gasteiger partial charge < -0.3 is 14.2 Å². The Kier molecular flexibility index (Phi) is 7.96. The molecule has 2 atom stereocenters. The normalized spacial score (nSPS) is 23.1. The number of rotatable bonds is 7. The maximum Gasteiger partial charge on any atom is 0.163 e. The first kappa shape index (κ1) is 27.8. The first-order valence-corrected chi connectivity index (χ1v) is 15.5. The fraction of sp³-hybridized carbons (Fsp3) is 0.351. The van der Waals surface area contributed by atoms with Gasteiger partial charge in [-0.05, 0) is 40.7 Å². The van der Waals surface area contributed by atoms with Crippen LogP contribution in [0.3, 0.4) is 0 Å². The quantitative estimate of drug-likeness (QED) is 0.329. The number of hydrogen-bond donors (Lipinski definition) is 0. The molecular formula is C37H37NO5. The monoisotopic (exact) mass is 575 g/mol. The Hall–Kier alpha value is -4.00. The van der Waals surface area contributed by atoms with Crippen LogP contribution >= 0.6 is 0 Å². The van der Waals surface area contributed by atoms with Crippen LogP contribution in [0.5, 0.6) is 5.75 Å². The van der Waals surface area contributed by atoms with Gasteiger partial charge >= 0.3 is 0 Å². The van der Waals surface area contributed by atoms with Gasteiger partial charge in [-0.15, -0.1) is 0 Å². The van der Waals surface area contributed by atoms with Crippen molar-refractivity contribution in [3.63, 3.8) is 0 Å². The van der Waals surface area contributed by atoms with Gasteiger partial charge in [-0.3, -0.25) is 14.5 Å². The van der Waals surface area contributed by atoms with Gasteiger partial charge in [0.25, 0.3) is 0 Å². The Balaban J connectivity index is 1.19. The minimum Gasteiger partial charge on any atom is -0.492 e. The zero-order valence-electron chi connectivity index (χ0n) is 24.4. The number of Topliss-reactive ketones (excluding diaryl/α,β-unsaturated/α-hetero) is 2. The van der Waals surface area contributed by atoms with Crippen molar-refractivity contribution in [3.8, 4) is 5.75 Å². The average molecular weight is 576 g/mol. The number of carbonyl (C=O) groups excluding carboxylic acids is 2. The third-order valence-corrected chi connectivity index (χ3v) is 9.29. The molecule has 4 aliphatic rings. The van der Waals surface area contributed by atoms with Gasteiger partial charge in [-0.1, -0.05) is 72.8 Å². The molecule has 6 heteroatoms. The Morgan fingerprint density at radius 2 is 1.19 bits per heavy atom. The Labute approximate surface area is 253 Å². The second-order valence-corrected chi connectivity index (χ2v) is 12.0. The second-order valence-electron chi connectivity index (χ2n) is 12.0. The minimum atomic E-state index is -0.422. The van der Waals surface area contributed by atoms with Crippen molar-refractivity contribution in [2.45, 2.75) is 43.4 Å². The summed E-state index contributed by atoms with van der Waals surface area (Å²) in [6.45, 7) is 4.85. The number of allylic oxidation sites excluding steroid dienone is 4. The van der Waals surface area contributed by atoms with Crippen molar-refractivity contribution < 1.29 is 23.8 Å². The fourth-order valence-electron chi connectivity index (χ4n) is 7.05. The molecule has 0 spiro atoms. The summed E-state index contributed by atoms with van der Waals surface area (Å²) in [7, 11) is 0. The average Bonchev–Trinajstić information content (AvgIpc) is 3.05. The molecule has 0 saturated carbocycles. The molecule has 6 nitrogen and oxygen atoms in total. The largest absolute Gasteiger partial charge is 0.492 e. The summed E-state index contributed by atoms with van der Waals surface area (Å²) >= 11 is 0. The van der Waals surface area contributed by atoms with E-state index in [1.54, 1.807) is 0 Å². The van der Waals surface area contributed by atoms with Gasteiger partial charge in [-0.25, -0.2) is 0 Å². The maximum absolute atomic E-state index is 13.9. The molecule has 0 amide bonds. The smallest absolute Gasteiger partial charge is 0.163 e. The predicted molar refractivity (Wildman–Crippen MR) is 164 cm³/mol. The molecule has 1 saturated heterocycles. The highest BCUT2D eigenvalue weighted by Crippen LogP contribution is 2.52. The molecule has 0 radical (unpaired) electrons. The summed E-state index contributed by atoms with van der Waals surface area (Å²) in [6, 6.07) is 28.4. The van der Waals surface area contributed by atoms with Crippen LogP contribution in [0, 0.1) is 0 Å². The zero-order valence-corrected chi connectivity index (χ0v) is 24.4. The number of carbonyl (C=O) groups is 2. The lowest BCUT2D eigenvalue weighted by Gasteiger charge is -2.39. The molecule has 0 bridgehead atoms. The molecule has 1 fully saturated rings. The van der Waals surface area contributed by atoms with E-state index in [2.05, 4.69) is 29.2 Å². The highest BCUT2D eigenvalue weighted by Gasteiger charge is 2.45. The van der Waals surface area contributed by atoms with Crippen LogP contribution in [0.25, 0.3) is 0 Å². The number of morpholine rings is 1. The van der Waals surface area contributed by atoms with Crippen molar-refractivity contribution in [3.05, 3.63) is 124 Å². The molecule has 0 unspecified atom stereocenters. The lowest BCUT2D eigenvalue weighted by Crippen LogP contribution is -2.38. The molecule has 43 heavy (non-hydrogen) atoms. The molecule has 2 aliphatic carbocycles. The summed E-state index contributed by atoms with van der Waals surface area (Å²) in [5.74, 6) is 2.05. The van der Waals surface area contributed by atoms with Gasteiger partial charge in [0.15, 0.2) is 11.6 Å². The predicted octanol–water partition coefficient (Wildman–Crippen LogP) is 6.31. The Morgan fingerprint density at radius 3 is 1.72 bits per heavy atom. The fourth-order valence-corrected chi connectivity index (χ4v) is 7.05. The van der Waals surface area contributed by atoms with Crippen molar-refractivity contribution in [1.29, 1.82) is 0 Å². The number of hydrogen-bond acceptors (Lipinski definition) is 6. The van der Waals surface area contributed by atoms with Crippen LogP contribution in [-0.4, -0.2) is 55.9 Å². The van der Waals surface area contributed by atoms with E-state index in [1.165, 1.54) is 0 Å². The molecule has 2 heterocycles. The van der Waals surface area contributed by atoms with Crippen LogP contribution in [0.2, 0.25) is 0 Å². The molecule has 0 aromatic heterocycles. The van der Waals surface area contributed by atoms with E-state index < -0.39 is 5.92 Å². The van der Waals surface area contributed by atoms with Crippen LogP contribution < -0.4 is 4.74 Å². The van der Waals surface area contributed by atoms with Crippen molar-refractivity contribution in [2.75, 3.05) is 39.5 Å². The molecular weight excluding hydrogens is 538 g/mol. The van der Waals surface area contributed by atoms with Gasteiger partial charge in [-0.2, -0.15) is 0 Å². The highest BCUT2D eigenvalue weighted by molar-refractivity contribution is 6.06. The number of nitrogens with zero attached hydrogens (tertiary/aromatic N) is 1. The molecule has 7 rings (SSSR count). The van der Waals surface area contributed by atoms with Crippen molar-refractivity contribution in [1.82, 2.24) is 4.90 Å². The van der Waals surface area contributed by atoms with Gasteiger partial charge in [0.1, 0.15) is 23.9 Å². The molecule has 3 aromatic rings. The number of ether oxygens (including phenoxy) is 3. The summed E-state index contributed by atoms with van der Waals surface area (Å²) < 4.78 is 18.1. The minimum absolute atomic E-state index is 0.0571. The summed E-state index contributed by atoms with van der Waals surface area (Å²) in [6.07, 6.45) is 2.11. The van der Waals surface area contributed by atoms with Crippen LogP contribution in [0.1, 0.15) is 60.1 Å². The standard InChI is InChI=1S/C37H37NO5/c39-31-21-28(25-7-3-1-4-8-25)23-33-36(31)35(27-11-13-30(14-12-27)42-20-17-38-15-18-41-19-16-38)37-32(40)22-29(24-34(37)43-33)26-9-5-2-6-10-26/h1-14,28-29,35H,15-24H2/t28-,29-/m1/s1. The summed E-state index contributed by atoms with van der Waals surface area (Å²) in [4.78, 5) is 30.2. The van der Waals surface area contributed by atoms with E-state index in [9.17, 15) is 9.59 Å². The first-order chi connectivity index (χ1) is 21.1. The second kappa shape index (κ2) is 12.3. The van der Waals surface area contributed by atoms with E-state index in [4.69, 9.17) is 14.2 Å². The Bertz CT molecular complexity index is 1450. The van der Waals surface area contributed by atoms with Crippen LogP contribution in [-0.2, 0) is 19.1 Å². The SMILES string of the molecule is O=C1C[C@@H](c2ccccc2)CC2=C1C(c1ccc(OCCN3CCOCC3)cc1)C1=C(C[C@H](c3ccccc3)CC1=O)O2. The van der Waals surface area contributed by atoms with Crippen LogP contribution in [0.4, 0.5) is 0 Å². The van der Waals surface area contributed by atoms with Gasteiger partial charge in [0, 0.05) is 62.4 Å². The number of ketones is 2. The molecule has 2 aliphatic heterocycles. The number of benzene rings is 3. The zero-order chi connectivity index (χ0) is 29.2. The molecule has 3 aromatic carbocycles. The van der Waals surface area contributed by atoms with E-state index in [0.717, 1.165) is 66.8 Å². The van der Waals surface area contributed by atoms with E-state index >= 15 is 0 Å². The maximum atomic E-state index is 13.9. The van der Waals surface area contributed by atoms with Crippen molar-refractivity contribution >= 4 is 11.6 Å². The summed E-state index contributed by atoms with van der Waals surface area (Å²) in [5.41, 5.74) is 4.52. The molecule has 220 valence electrons. The van der Waals surface area contributed by atoms with Gasteiger partial charge in [0.2, 0.25) is 0 Å². The molecule has 0 N–H and O–H groups in total.